The van der Waals surface area contributed by atoms with E-state index in [0.717, 1.165) is 24.3 Å². The molecule has 0 aliphatic rings. The first-order chi connectivity index (χ1) is 14.9. The molecule has 4 rings (SSSR count). The van der Waals surface area contributed by atoms with Crippen LogP contribution >= 0.6 is 0 Å². The number of anilines is 1. The van der Waals surface area contributed by atoms with Crippen molar-refractivity contribution < 1.29 is 22.7 Å². The van der Waals surface area contributed by atoms with Gasteiger partial charge in [-0.2, -0.15) is 18.3 Å². The molecule has 156 valence electrons. The maximum absolute atomic E-state index is 12.6. The Morgan fingerprint density at radius 1 is 0.935 bits per heavy atom. The van der Waals surface area contributed by atoms with Gasteiger partial charge in [0.25, 0.3) is 5.91 Å². The van der Waals surface area contributed by atoms with Gasteiger partial charge in [-0.05, 0) is 60.7 Å². The molecule has 7 nitrogen and oxygen atoms in total. The Balaban J connectivity index is 1.37. The molecule has 10 heteroatoms. The molecular formula is C21H14F3N5O2. The predicted octanol–water partition coefficient (Wildman–Crippen LogP) is 4.73. The lowest BCUT2D eigenvalue weighted by molar-refractivity contribution is -0.137. The summed E-state index contributed by atoms with van der Waals surface area (Å²) in [5.74, 6) is 0.757. The number of hydrogen-bond acceptors (Lipinski definition) is 5. The van der Waals surface area contributed by atoms with Crippen molar-refractivity contribution in [1.29, 1.82) is 0 Å². The molecule has 0 spiro atoms. The SMILES string of the molecule is O=C(Nc1ccc(Oc2ccc(-n3cccn3)nn2)cc1)c1ccc(C(F)(F)F)cc1. The molecule has 2 aromatic heterocycles. The highest BCUT2D eigenvalue weighted by molar-refractivity contribution is 6.04. The third-order valence-corrected chi connectivity index (χ3v) is 4.17. The fourth-order valence-corrected chi connectivity index (χ4v) is 2.63. The third-order valence-electron chi connectivity index (χ3n) is 4.17. The van der Waals surface area contributed by atoms with Crippen LogP contribution in [-0.2, 0) is 6.18 Å². The van der Waals surface area contributed by atoms with Crippen LogP contribution in [0.4, 0.5) is 18.9 Å². The van der Waals surface area contributed by atoms with E-state index in [1.165, 1.54) is 0 Å². The Labute approximate surface area is 174 Å². The zero-order valence-electron chi connectivity index (χ0n) is 15.7. The number of rotatable bonds is 5. The lowest BCUT2D eigenvalue weighted by atomic mass is 10.1. The quantitative estimate of drug-likeness (QED) is 0.500. The van der Waals surface area contributed by atoms with E-state index in [2.05, 4.69) is 20.6 Å². The molecule has 0 bridgehead atoms. The van der Waals surface area contributed by atoms with Gasteiger partial charge < -0.3 is 10.1 Å². The number of nitrogens with zero attached hydrogens (tertiary/aromatic N) is 4. The number of carbonyl (C=O) groups is 1. The summed E-state index contributed by atoms with van der Waals surface area (Å²) in [4.78, 5) is 12.2. The average molecular weight is 425 g/mol. The molecule has 0 aliphatic carbocycles. The van der Waals surface area contributed by atoms with Crippen LogP contribution in [0.5, 0.6) is 11.6 Å². The monoisotopic (exact) mass is 425 g/mol. The maximum Gasteiger partial charge on any atom is 0.416 e. The first-order valence-electron chi connectivity index (χ1n) is 8.99. The number of ether oxygens (including phenoxy) is 1. The number of amides is 1. The Kier molecular flexibility index (Phi) is 5.35. The number of aromatic nitrogens is 4. The van der Waals surface area contributed by atoms with Gasteiger partial charge in [-0.3, -0.25) is 4.79 Å². The van der Waals surface area contributed by atoms with Crippen molar-refractivity contribution in [3.63, 3.8) is 0 Å². The van der Waals surface area contributed by atoms with Gasteiger partial charge in [0, 0.05) is 29.7 Å². The van der Waals surface area contributed by atoms with Gasteiger partial charge in [-0.15, -0.1) is 10.2 Å². The zero-order chi connectivity index (χ0) is 21.8. The summed E-state index contributed by atoms with van der Waals surface area (Å²) in [5.41, 5.74) is -0.246. The van der Waals surface area contributed by atoms with Crippen molar-refractivity contribution >= 4 is 11.6 Å². The van der Waals surface area contributed by atoms with Crippen molar-refractivity contribution in [3.05, 3.63) is 90.3 Å². The van der Waals surface area contributed by atoms with Crippen molar-refractivity contribution in [3.8, 4) is 17.4 Å². The normalized spacial score (nSPS) is 11.2. The number of benzene rings is 2. The van der Waals surface area contributed by atoms with Crippen LogP contribution in [0.15, 0.2) is 79.1 Å². The smallest absolute Gasteiger partial charge is 0.416 e. The summed E-state index contributed by atoms with van der Waals surface area (Å²) < 4.78 is 45.0. The predicted molar refractivity (Wildman–Crippen MR) is 105 cm³/mol. The van der Waals surface area contributed by atoms with Crippen LogP contribution in [-0.4, -0.2) is 25.9 Å². The molecule has 0 aliphatic heterocycles. The second-order valence-corrected chi connectivity index (χ2v) is 6.34. The molecule has 0 radical (unpaired) electrons. The van der Waals surface area contributed by atoms with Gasteiger partial charge in [0.15, 0.2) is 5.82 Å². The highest BCUT2D eigenvalue weighted by Crippen LogP contribution is 2.29. The van der Waals surface area contributed by atoms with E-state index in [4.69, 9.17) is 4.74 Å². The minimum Gasteiger partial charge on any atom is -0.438 e. The molecule has 2 heterocycles. The van der Waals surface area contributed by atoms with E-state index >= 15 is 0 Å². The Hall–Kier alpha value is -4.21. The van der Waals surface area contributed by atoms with Crippen LogP contribution in [0.25, 0.3) is 5.82 Å². The number of alkyl halides is 3. The summed E-state index contributed by atoms with van der Waals surface area (Å²) in [5, 5.41) is 14.7. The van der Waals surface area contributed by atoms with E-state index in [0.29, 0.717) is 17.3 Å². The lowest BCUT2D eigenvalue weighted by Crippen LogP contribution is -2.12. The Morgan fingerprint density at radius 3 is 2.26 bits per heavy atom. The molecule has 0 saturated heterocycles. The first-order valence-corrected chi connectivity index (χ1v) is 8.99. The average Bonchev–Trinajstić information content (AvgIpc) is 3.30. The maximum atomic E-state index is 12.6. The van der Waals surface area contributed by atoms with Crippen molar-refractivity contribution in [2.75, 3.05) is 5.32 Å². The van der Waals surface area contributed by atoms with E-state index in [1.807, 2.05) is 0 Å². The van der Waals surface area contributed by atoms with Gasteiger partial charge in [0.05, 0.1) is 5.56 Å². The minimum atomic E-state index is -4.45. The Morgan fingerprint density at radius 2 is 1.68 bits per heavy atom. The number of hydrogen-bond donors (Lipinski definition) is 1. The van der Waals surface area contributed by atoms with Crippen LogP contribution in [0.3, 0.4) is 0 Å². The van der Waals surface area contributed by atoms with Gasteiger partial charge in [-0.1, -0.05) is 0 Å². The molecule has 1 N–H and O–H groups in total. The fraction of sp³-hybridized carbons (Fsp3) is 0.0476. The van der Waals surface area contributed by atoms with Gasteiger partial charge in [0.1, 0.15) is 5.75 Å². The molecule has 0 atom stereocenters. The molecule has 1 amide bonds. The van der Waals surface area contributed by atoms with Crippen LogP contribution < -0.4 is 10.1 Å². The first kappa shape index (κ1) is 20.1. The molecule has 0 saturated carbocycles. The molecule has 31 heavy (non-hydrogen) atoms. The van der Waals surface area contributed by atoms with Crippen LogP contribution in [0, 0.1) is 0 Å². The van der Waals surface area contributed by atoms with Crippen LogP contribution in [0.2, 0.25) is 0 Å². The topological polar surface area (TPSA) is 81.9 Å². The molecular weight excluding hydrogens is 411 g/mol. The highest BCUT2D eigenvalue weighted by Gasteiger charge is 2.30. The molecule has 4 aromatic rings. The summed E-state index contributed by atoms with van der Waals surface area (Å²) >= 11 is 0. The van der Waals surface area contributed by atoms with E-state index in [9.17, 15) is 18.0 Å². The summed E-state index contributed by atoms with van der Waals surface area (Å²) in [7, 11) is 0. The van der Waals surface area contributed by atoms with Crippen LogP contribution in [0.1, 0.15) is 15.9 Å². The van der Waals surface area contributed by atoms with Crippen molar-refractivity contribution in [2.24, 2.45) is 0 Å². The number of halogens is 3. The lowest BCUT2D eigenvalue weighted by Gasteiger charge is -2.09. The van der Waals surface area contributed by atoms with Gasteiger partial charge in [0.2, 0.25) is 5.88 Å². The summed E-state index contributed by atoms with van der Waals surface area (Å²) in [6, 6.07) is 15.5. The number of nitrogens with one attached hydrogen (secondary N) is 1. The van der Waals surface area contributed by atoms with Gasteiger partial charge >= 0.3 is 6.18 Å². The largest absolute Gasteiger partial charge is 0.438 e. The van der Waals surface area contributed by atoms with Crippen molar-refractivity contribution in [2.45, 2.75) is 6.18 Å². The van der Waals surface area contributed by atoms with Crippen molar-refractivity contribution in [1.82, 2.24) is 20.0 Å². The standard InChI is InChI=1S/C21H14F3N5O2/c22-21(23,24)15-4-2-14(3-5-15)20(30)26-16-6-8-17(9-7-16)31-19-11-10-18(27-28-19)29-13-1-12-25-29/h1-13H,(H,26,30). The van der Waals surface area contributed by atoms with Gasteiger partial charge in [-0.25, -0.2) is 4.68 Å². The third kappa shape index (κ3) is 4.86. The zero-order valence-corrected chi connectivity index (χ0v) is 15.7. The Bertz CT molecular complexity index is 1160. The number of carbonyl (C=O) groups excluding carboxylic acids is 1. The molecule has 2 aromatic carbocycles. The molecule has 0 fully saturated rings. The van der Waals surface area contributed by atoms with E-state index in [1.54, 1.807) is 59.5 Å². The van der Waals surface area contributed by atoms with E-state index < -0.39 is 17.6 Å². The second kappa shape index (κ2) is 8.27. The van der Waals surface area contributed by atoms with E-state index in [-0.39, 0.29) is 11.4 Å². The highest BCUT2D eigenvalue weighted by atomic mass is 19.4. The minimum absolute atomic E-state index is 0.112. The summed E-state index contributed by atoms with van der Waals surface area (Å²) in [6.07, 6.45) is -1.08. The summed E-state index contributed by atoms with van der Waals surface area (Å²) in [6.45, 7) is 0. The second-order valence-electron chi connectivity index (χ2n) is 6.34. The molecule has 0 unspecified atom stereocenters. The fourth-order valence-electron chi connectivity index (χ4n) is 2.63.